The third kappa shape index (κ3) is 0.694. The molecule has 7 unspecified atom stereocenters. The van der Waals surface area contributed by atoms with E-state index in [9.17, 15) is 5.11 Å². The van der Waals surface area contributed by atoms with E-state index in [0.29, 0.717) is 11.8 Å². The van der Waals surface area contributed by atoms with Crippen molar-refractivity contribution in [1.82, 2.24) is 0 Å². The van der Waals surface area contributed by atoms with Crippen molar-refractivity contribution in [2.24, 2.45) is 11.8 Å². The van der Waals surface area contributed by atoms with Gasteiger partial charge in [-0.05, 0) is 6.92 Å². The molecule has 0 spiro atoms. The van der Waals surface area contributed by atoms with Crippen LogP contribution < -0.4 is 0 Å². The van der Waals surface area contributed by atoms with Gasteiger partial charge in [0.25, 0.3) is 0 Å². The molecule has 3 nitrogen and oxygen atoms in total. The molecule has 0 aromatic heterocycles. The summed E-state index contributed by atoms with van der Waals surface area (Å²) in [6, 6.07) is 0. The van der Waals surface area contributed by atoms with Crippen LogP contribution in [0.2, 0.25) is 0 Å². The molecule has 0 aliphatic carbocycles. The summed E-state index contributed by atoms with van der Waals surface area (Å²) in [5.41, 5.74) is -0.235. The van der Waals surface area contributed by atoms with E-state index in [2.05, 4.69) is 20.8 Å². The molecule has 0 aromatic carbocycles. The Hall–Kier alpha value is -0.120. The zero-order valence-corrected chi connectivity index (χ0v) is 8.23. The largest absolute Gasteiger partial charge is 0.388 e. The minimum Gasteiger partial charge on any atom is -0.388 e. The average Bonchev–Trinajstić information content (AvgIpc) is 2.40. The molecule has 4 bridgehead atoms. The standard InChI is InChI=1S/C10H16O3/c1-4-7-5(2)10(3)9(12-7)6(11)8(4)13-10/h4-9,11H,1-3H3. The van der Waals surface area contributed by atoms with E-state index in [0.717, 1.165) is 0 Å². The van der Waals surface area contributed by atoms with Crippen LogP contribution in [0.4, 0.5) is 0 Å². The molecule has 4 saturated heterocycles. The minimum absolute atomic E-state index is 0.00458. The smallest absolute Gasteiger partial charge is 0.115 e. The molecule has 3 heteroatoms. The highest BCUT2D eigenvalue weighted by Gasteiger charge is 2.69. The minimum atomic E-state index is -0.416. The molecule has 4 aliphatic rings. The number of aliphatic hydroxyl groups is 1. The SMILES string of the molecule is CC1C2OC3(C)C(C)C1OC3C2O. The molecule has 4 rings (SSSR count). The fourth-order valence-electron chi connectivity index (χ4n) is 3.32. The molecule has 74 valence electrons. The molecule has 0 aromatic rings. The van der Waals surface area contributed by atoms with Gasteiger partial charge in [0.2, 0.25) is 0 Å². The third-order valence-corrected chi connectivity index (χ3v) is 4.34. The van der Waals surface area contributed by atoms with Crippen molar-refractivity contribution in [3.05, 3.63) is 0 Å². The van der Waals surface area contributed by atoms with Crippen LogP contribution in [0.15, 0.2) is 0 Å². The zero-order chi connectivity index (χ0) is 9.38. The van der Waals surface area contributed by atoms with E-state index in [-0.39, 0.29) is 23.9 Å². The van der Waals surface area contributed by atoms with Crippen molar-refractivity contribution in [2.75, 3.05) is 0 Å². The maximum absolute atomic E-state index is 9.91. The Morgan fingerprint density at radius 1 is 1.23 bits per heavy atom. The van der Waals surface area contributed by atoms with E-state index < -0.39 is 6.10 Å². The Morgan fingerprint density at radius 3 is 2.54 bits per heavy atom. The lowest BCUT2D eigenvalue weighted by Crippen LogP contribution is -2.48. The zero-order valence-electron chi connectivity index (χ0n) is 8.23. The summed E-state index contributed by atoms with van der Waals surface area (Å²) < 4.78 is 11.7. The molecule has 4 aliphatic heterocycles. The monoisotopic (exact) mass is 184 g/mol. The molecule has 4 heterocycles. The number of rotatable bonds is 0. The number of ether oxygens (including phenoxy) is 2. The predicted octanol–water partition coefficient (Wildman–Crippen LogP) is 0.558. The number of hydrogen-bond acceptors (Lipinski definition) is 3. The maximum Gasteiger partial charge on any atom is 0.115 e. The summed E-state index contributed by atoms with van der Waals surface area (Å²) in [6.07, 6.45) is -0.211. The molecule has 0 saturated carbocycles. The molecule has 7 atom stereocenters. The van der Waals surface area contributed by atoms with Gasteiger partial charge in [-0.25, -0.2) is 0 Å². The van der Waals surface area contributed by atoms with E-state index in [1.165, 1.54) is 0 Å². The molecule has 1 N–H and O–H groups in total. The van der Waals surface area contributed by atoms with Crippen molar-refractivity contribution in [3.63, 3.8) is 0 Å². The van der Waals surface area contributed by atoms with Gasteiger partial charge in [0, 0.05) is 11.8 Å². The second kappa shape index (κ2) is 2.10. The second-order valence-corrected chi connectivity index (χ2v) is 4.93. The van der Waals surface area contributed by atoms with Gasteiger partial charge in [0.15, 0.2) is 0 Å². The maximum atomic E-state index is 9.91. The lowest BCUT2D eigenvalue weighted by Gasteiger charge is -2.39. The van der Waals surface area contributed by atoms with Gasteiger partial charge in [0.1, 0.15) is 12.2 Å². The van der Waals surface area contributed by atoms with Crippen molar-refractivity contribution in [3.8, 4) is 0 Å². The summed E-state index contributed by atoms with van der Waals surface area (Å²) in [6.45, 7) is 6.34. The van der Waals surface area contributed by atoms with E-state index in [4.69, 9.17) is 9.47 Å². The van der Waals surface area contributed by atoms with Crippen LogP contribution in [0.3, 0.4) is 0 Å². The van der Waals surface area contributed by atoms with Gasteiger partial charge in [-0.1, -0.05) is 13.8 Å². The van der Waals surface area contributed by atoms with Crippen molar-refractivity contribution >= 4 is 0 Å². The second-order valence-electron chi connectivity index (χ2n) is 4.93. The summed E-state index contributed by atoms with van der Waals surface area (Å²) >= 11 is 0. The van der Waals surface area contributed by atoms with E-state index in [1.54, 1.807) is 0 Å². The van der Waals surface area contributed by atoms with Crippen molar-refractivity contribution in [2.45, 2.75) is 50.8 Å². The van der Waals surface area contributed by atoms with Crippen LogP contribution in [0, 0.1) is 11.8 Å². The molecule has 0 radical (unpaired) electrons. The number of aliphatic hydroxyl groups excluding tert-OH is 1. The quantitative estimate of drug-likeness (QED) is 0.598. The van der Waals surface area contributed by atoms with Gasteiger partial charge in [-0.15, -0.1) is 0 Å². The first-order valence-corrected chi connectivity index (χ1v) is 5.07. The Balaban J connectivity index is 2.07. The molecule has 4 fully saturated rings. The van der Waals surface area contributed by atoms with Crippen molar-refractivity contribution in [1.29, 1.82) is 0 Å². The van der Waals surface area contributed by atoms with Crippen LogP contribution in [-0.2, 0) is 9.47 Å². The van der Waals surface area contributed by atoms with Gasteiger partial charge in [0.05, 0.1) is 17.8 Å². The summed E-state index contributed by atoms with van der Waals surface area (Å²) in [7, 11) is 0. The molecule has 0 amide bonds. The summed E-state index contributed by atoms with van der Waals surface area (Å²) in [4.78, 5) is 0. The van der Waals surface area contributed by atoms with Crippen LogP contribution in [-0.4, -0.2) is 35.1 Å². The predicted molar refractivity (Wildman–Crippen MR) is 46.3 cm³/mol. The Morgan fingerprint density at radius 2 is 1.92 bits per heavy atom. The highest BCUT2D eigenvalue weighted by molar-refractivity contribution is 5.16. The highest BCUT2D eigenvalue weighted by Crippen LogP contribution is 2.55. The van der Waals surface area contributed by atoms with Gasteiger partial charge >= 0.3 is 0 Å². The topological polar surface area (TPSA) is 38.7 Å². The molecular weight excluding hydrogens is 168 g/mol. The van der Waals surface area contributed by atoms with E-state index >= 15 is 0 Å². The molecule has 13 heavy (non-hydrogen) atoms. The first-order valence-electron chi connectivity index (χ1n) is 5.07. The summed E-state index contributed by atoms with van der Waals surface area (Å²) in [5.74, 6) is 0.734. The Labute approximate surface area is 78.0 Å². The van der Waals surface area contributed by atoms with Gasteiger partial charge < -0.3 is 14.6 Å². The van der Waals surface area contributed by atoms with E-state index in [1.807, 2.05) is 0 Å². The fourth-order valence-corrected chi connectivity index (χ4v) is 3.32. The summed E-state index contributed by atoms with van der Waals surface area (Å²) in [5, 5.41) is 9.91. The number of hydrogen-bond donors (Lipinski definition) is 1. The molecular formula is C10H16O3. The first-order chi connectivity index (χ1) is 6.05. The lowest BCUT2D eigenvalue weighted by atomic mass is 9.82. The van der Waals surface area contributed by atoms with Crippen LogP contribution in [0.1, 0.15) is 20.8 Å². The lowest BCUT2D eigenvalue weighted by molar-refractivity contribution is -0.162. The van der Waals surface area contributed by atoms with Crippen LogP contribution >= 0.6 is 0 Å². The Bertz CT molecular complexity index is 248. The van der Waals surface area contributed by atoms with Gasteiger partial charge in [-0.3, -0.25) is 0 Å². The fraction of sp³-hybridized carbons (Fsp3) is 1.00. The Kier molecular flexibility index (Phi) is 1.33. The van der Waals surface area contributed by atoms with Gasteiger partial charge in [-0.2, -0.15) is 0 Å². The van der Waals surface area contributed by atoms with Crippen molar-refractivity contribution < 1.29 is 14.6 Å². The first kappa shape index (κ1) is 8.21. The normalized spacial score (nSPS) is 69.2. The van der Waals surface area contributed by atoms with Crippen LogP contribution in [0.5, 0.6) is 0 Å². The van der Waals surface area contributed by atoms with Crippen LogP contribution in [0.25, 0.3) is 0 Å². The average molecular weight is 184 g/mol. The highest BCUT2D eigenvalue weighted by atomic mass is 16.6. The third-order valence-electron chi connectivity index (χ3n) is 4.34.